The second-order valence-electron chi connectivity index (χ2n) is 6.27. The zero-order valence-corrected chi connectivity index (χ0v) is 13.5. The highest BCUT2D eigenvalue weighted by Crippen LogP contribution is 2.22. The number of carbonyl (C=O) groups is 2. The molecule has 7 nitrogen and oxygen atoms in total. The predicted molar refractivity (Wildman–Crippen MR) is 82.4 cm³/mol. The Morgan fingerprint density at radius 1 is 1.22 bits per heavy atom. The lowest BCUT2D eigenvalue weighted by Crippen LogP contribution is -2.60. The van der Waals surface area contributed by atoms with Gasteiger partial charge in [-0.05, 0) is 11.0 Å². The third-order valence-corrected chi connectivity index (χ3v) is 3.32. The summed E-state index contributed by atoms with van der Waals surface area (Å²) in [5, 5.41) is 24.8. The lowest BCUT2D eigenvalue weighted by atomic mass is 9.82. The molecule has 1 aromatic carbocycles. The van der Waals surface area contributed by atoms with Gasteiger partial charge in [0.25, 0.3) is 0 Å². The number of hydrogen-bond acceptors (Lipinski definition) is 5. The Morgan fingerprint density at radius 3 is 2.30 bits per heavy atom. The molecule has 0 saturated heterocycles. The SMILES string of the molecule is CC(C)(C)C(NC(=O)OCc1ccccc1)[C@@H](CO)NC(=O)[O-]. The van der Waals surface area contributed by atoms with E-state index in [1.54, 1.807) is 0 Å². The van der Waals surface area contributed by atoms with Crippen LogP contribution < -0.4 is 15.7 Å². The Hall–Kier alpha value is -2.28. The van der Waals surface area contributed by atoms with E-state index < -0.39 is 36.3 Å². The Balaban J connectivity index is 2.69. The van der Waals surface area contributed by atoms with Crippen LogP contribution in [0.2, 0.25) is 0 Å². The first-order valence-electron chi connectivity index (χ1n) is 7.29. The molecule has 0 spiro atoms. The molecule has 2 amide bonds. The molecule has 23 heavy (non-hydrogen) atoms. The Kier molecular flexibility index (Phi) is 6.84. The third-order valence-electron chi connectivity index (χ3n) is 3.32. The number of carboxylic acid groups (broad SMARTS) is 1. The van der Waals surface area contributed by atoms with Gasteiger partial charge in [-0.3, -0.25) is 0 Å². The number of aliphatic hydroxyl groups is 1. The Morgan fingerprint density at radius 2 is 1.83 bits per heavy atom. The molecule has 2 atom stereocenters. The minimum absolute atomic E-state index is 0.0985. The summed E-state index contributed by atoms with van der Waals surface area (Å²) in [7, 11) is 0. The van der Waals surface area contributed by atoms with Gasteiger partial charge in [0, 0.05) is 0 Å². The summed E-state index contributed by atoms with van der Waals surface area (Å²) in [5.74, 6) is 0. The van der Waals surface area contributed by atoms with Gasteiger partial charge in [0.15, 0.2) is 0 Å². The van der Waals surface area contributed by atoms with Gasteiger partial charge in [-0.1, -0.05) is 51.1 Å². The third kappa shape index (κ3) is 6.56. The number of hydrogen-bond donors (Lipinski definition) is 3. The van der Waals surface area contributed by atoms with E-state index in [0.717, 1.165) is 5.56 Å². The van der Waals surface area contributed by atoms with Crippen LogP contribution >= 0.6 is 0 Å². The van der Waals surface area contributed by atoms with Crippen molar-refractivity contribution in [2.24, 2.45) is 5.41 Å². The molecule has 3 N–H and O–H groups in total. The van der Waals surface area contributed by atoms with Crippen molar-refractivity contribution in [2.45, 2.75) is 39.5 Å². The molecule has 7 heteroatoms. The van der Waals surface area contributed by atoms with Crippen molar-refractivity contribution in [2.75, 3.05) is 6.61 Å². The number of benzene rings is 1. The molecule has 0 aromatic heterocycles. The van der Waals surface area contributed by atoms with Crippen molar-refractivity contribution in [3.63, 3.8) is 0 Å². The van der Waals surface area contributed by atoms with Crippen molar-refractivity contribution < 1.29 is 24.5 Å². The van der Waals surface area contributed by atoms with Gasteiger partial charge in [-0.15, -0.1) is 0 Å². The van der Waals surface area contributed by atoms with Gasteiger partial charge in [-0.25, -0.2) is 4.79 Å². The maximum absolute atomic E-state index is 12.0. The number of amides is 2. The molecule has 1 unspecified atom stereocenters. The van der Waals surface area contributed by atoms with E-state index in [-0.39, 0.29) is 6.61 Å². The number of ether oxygens (including phenoxy) is 1. The number of carbonyl (C=O) groups excluding carboxylic acids is 2. The van der Waals surface area contributed by atoms with Gasteiger partial charge in [0.2, 0.25) is 0 Å². The molecule has 0 radical (unpaired) electrons. The van der Waals surface area contributed by atoms with E-state index in [1.165, 1.54) is 0 Å². The van der Waals surface area contributed by atoms with Crippen LogP contribution in [-0.2, 0) is 11.3 Å². The highest BCUT2D eigenvalue weighted by atomic mass is 16.5. The van der Waals surface area contributed by atoms with Gasteiger partial charge in [0.05, 0.1) is 18.7 Å². The standard InChI is InChI=1S/C16H24N2O5/c1-16(2,3)13(12(9-19)17-14(20)21)18-15(22)23-10-11-7-5-4-6-8-11/h4-8,12-13,17,19H,9-10H2,1-3H3,(H,18,22)(H,20,21)/p-1/t12-,13?/m1/s1. The lowest BCUT2D eigenvalue weighted by molar-refractivity contribution is -0.252. The van der Waals surface area contributed by atoms with Gasteiger partial charge in [0.1, 0.15) is 12.7 Å². The number of nitrogens with one attached hydrogen (secondary N) is 2. The van der Waals surface area contributed by atoms with E-state index >= 15 is 0 Å². The molecule has 128 valence electrons. The molecule has 0 aliphatic carbocycles. The number of aliphatic hydroxyl groups excluding tert-OH is 1. The summed E-state index contributed by atoms with van der Waals surface area (Å²) in [6.45, 7) is 5.06. The lowest BCUT2D eigenvalue weighted by Gasteiger charge is -2.37. The zero-order valence-electron chi connectivity index (χ0n) is 13.5. The largest absolute Gasteiger partial charge is 0.530 e. The molecular formula is C16H23N2O5-. The fourth-order valence-electron chi connectivity index (χ4n) is 2.20. The first-order valence-corrected chi connectivity index (χ1v) is 7.29. The van der Waals surface area contributed by atoms with Crippen LogP contribution in [0, 0.1) is 5.41 Å². The summed E-state index contributed by atoms with van der Waals surface area (Å²) in [6, 6.07) is 7.60. The second-order valence-corrected chi connectivity index (χ2v) is 6.27. The molecule has 0 heterocycles. The topological polar surface area (TPSA) is 111 Å². The highest BCUT2D eigenvalue weighted by Gasteiger charge is 2.33. The fraction of sp³-hybridized carbons (Fsp3) is 0.500. The minimum Gasteiger partial charge on any atom is -0.530 e. The maximum Gasteiger partial charge on any atom is 0.407 e. The van der Waals surface area contributed by atoms with Crippen LogP contribution in [0.25, 0.3) is 0 Å². The molecule has 0 aliphatic heterocycles. The smallest absolute Gasteiger partial charge is 0.407 e. The quantitative estimate of drug-likeness (QED) is 0.711. The monoisotopic (exact) mass is 323 g/mol. The Labute approximate surface area is 135 Å². The second kappa shape index (κ2) is 8.38. The summed E-state index contributed by atoms with van der Waals surface area (Å²) >= 11 is 0. The van der Waals surface area contributed by atoms with Crippen molar-refractivity contribution in [3.05, 3.63) is 35.9 Å². The van der Waals surface area contributed by atoms with Crippen molar-refractivity contribution in [1.82, 2.24) is 10.6 Å². The zero-order chi connectivity index (χ0) is 17.5. The first-order chi connectivity index (χ1) is 10.7. The molecular weight excluding hydrogens is 300 g/mol. The van der Waals surface area contributed by atoms with Gasteiger partial charge in [-0.2, -0.15) is 0 Å². The molecule has 0 bridgehead atoms. The molecule has 1 aromatic rings. The van der Waals surface area contributed by atoms with Crippen molar-refractivity contribution in [3.8, 4) is 0 Å². The summed E-state index contributed by atoms with van der Waals surface area (Å²) < 4.78 is 5.13. The summed E-state index contributed by atoms with van der Waals surface area (Å²) in [6.07, 6.45) is -2.20. The molecule has 0 saturated carbocycles. The van der Waals surface area contributed by atoms with Crippen molar-refractivity contribution >= 4 is 12.2 Å². The van der Waals surface area contributed by atoms with Gasteiger partial charge < -0.3 is 30.4 Å². The van der Waals surface area contributed by atoms with Crippen LogP contribution in [0.1, 0.15) is 26.3 Å². The Bertz CT molecular complexity index is 513. The number of rotatable bonds is 6. The van der Waals surface area contributed by atoms with E-state index in [0.29, 0.717) is 0 Å². The van der Waals surface area contributed by atoms with Gasteiger partial charge >= 0.3 is 6.09 Å². The fourth-order valence-corrected chi connectivity index (χ4v) is 2.20. The van der Waals surface area contributed by atoms with Crippen LogP contribution in [0.4, 0.5) is 9.59 Å². The van der Waals surface area contributed by atoms with Crippen molar-refractivity contribution in [1.29, 1.82) is 0 Å². The normalized spacial score (nSPS) is 13.7. The molecule has 0 aliphatic rings. The molecule has 0 fully saturated rings. The number of alkyl carbamates (subject to hydrolysis) is 1. The van der Waals surface area contributed by atoms with Crippen LogP contribution in [0.15, 0.2) is 30.3 Å². The summed E-state index contributed by atoms with van der Waals surface area (Å²) in [5.41, 5.74) is 0.322. The molecule has 1 rings (SSSR count). The van der Waals surface area contributed by atoms with E-state index in [9.17, 15) is 19.8 Å². The average molecular weight is 323 g/mol. The van der Waals surface area contributed by atoms with Crippen LogP contribution in [0.5, 0.6) is 0 Å². The summed E-state index contributed by atoms with van der Waals surface area (Å²) in [4.78, 5) is 22.7. The van der Waals surface area contributed by atoms with E-state index in [2.05, 4.69) is 10.6 Å². The van der Waals surface area contributed by atoms with E-state index in [4.69, 9.17) is 4.74 Å². The predicted octanol–water partition coefficient (Wildman–Crippen LogP) is 0.621. The highest BCUT2D eigenvalue weighted by molar-refractivity contribution is 5.68. The maximum atomic E-state index is 12.0. The van der Waals surface area contributed by atoms with Crippen LogP contribution in [0.3, 0.4) is 0 Å². The minimum atomic E-state index is -1.52. The van der Waals surface area contributed by atoms with Crippen LogP contribution in [-0.4, -0.2) is 36.0 Å². The first kappa shape index (κ1) is 18.8. The average Bonchev–Trinajstić information content (AvgIpc) is 2.48. The van der Waals surface area contributed by atoms with E-state index in [1.807, 2.05) is 51.1 Å².